The van der Waals surface area contributed by atoms with Gasteiger partial charge >= 0.3 is 5.97 Å². The summed E-state index contributed by atoms with van der Waals surface area (Å²) in [5.41, 5.74) is 1.09. The van der Waals surface area contributed by atoms with E-state index < -0.39 is 6.29 Å². The highest BCUT2D eigenvalue weighted by atomic mass is 16.7. The second kappa shape index (κ2) is 17.4. The summed E-state index contributed by atoms with van der Waals surface area (Å²) >= 11 is 0. The number of carbonyl (C=O) groups is 1. The summed E-state index contributed by atoms with van der Waals surface area (Å²) in [4.78, 5) is 11.7. The van der Waals surface area contributed by atoms with E-state index in [0.717, 1.165) is 18.4 Å². The molecule has 0 saturated heterocycles. The summed E-state index contributed by atoms with van der Waals surface area (Å²) in [5, 5.41) is 0. The van der Waals surface area contributed by atoms with Crippen molar-refractivity contribution in [3.8, 4) is 0 Å². The molecule has 1 aromatic rings. The molecule has 0 amide bonds. The molecule has 1 unspecified atom stereocenters. The molecule has 158 valence electrons. The number of methoxy groups -OCH3 is 1. The van der Waals surface area contributed by atoms with E-state index in [1.165, 1.54) is 25.7 Å². The molecule has 0 heterocycles. The second-order valence-electron chi connectivity index (χ2n) is 6.65. The Morgan fingerprint density at radius 2 is 1.86 bits per heavy atom. The van der Waals surface area contributed by atoms with Crippen LogP contribution >= 0.6 is 0 Å². The van der Waals surface area contributed by atoms with Gasteiger partial charge in [-0.05, 0) is 24.8 Å². The van der Waals surface area contributed by atoms with E-state index in [2.05, 4.69) is 19.1 Å². The molecule has 1 aromatic carbocycles. The smallest absolute Gasteiger partial charge is 0.306 e. The third kappa shape index (κ3) is 13.5. The van der Waals surface area contributed by atoms with Gasteiger partial charge in [0.2, 0.25) is 0 Å². The van der Waals surface area contributed by atoms with Gasteiger partial charge in [-0.1, -0.05) is 68.7 Å². The van der Waals surface area contributed by atoms with Crippen LogP contribution in [0.2, 0.25) is 0 Å². The first-order chi connectivity index (χ1) is 13.8. The van der Waals surface area contributed by atoms with E-state index in [9.17, 15) is 4.79 Å². The van der Waals surface area contributed by atoms with Crippen molar-refractivity contribution in [2.24, 2.45) is 0 Å². The van der Waals surface area contributed by atoms with Crippen LogP contribution in [0.1, 0.15) is 63.9 Å². The third-order valence-electron chi connectivity index (χ3n) is 4.23. The van der Waals surface area contributed by atoms with Crippen LogP contribution in [0.15, 0.2) is 42.5 Å². The molecular formula is C23H36O5. The van der Waals surface area contributed by atoms with Crippen LogP contribution in [-0.4, -0.2) is 32.8 Å². The van der Waals surface area contributed by atoms with Gasteiger partial charge in [0.05, 0.1) is 13.2 Å². The number of carbonyl (C=O) groups excluding carboxylic acids is 1. The fourth-order valence-electron chi connectivity index (χ4n) is 2.59. The van der Waals surface area contributed by atoms with E-state index in [0.29, 0.717) is 19.4 Å². The summed E-state index contributed by atoms with van der Waals surface area (Å²) < 4.78 is 21.4. The fraction of sp³-hybridized carbons (Fsp3) is 0.609. The first-order valence-corrected chi connectivity index (χ1v) is 10.3. The molecule has 0 radical (unpaired) electrons. The molecule has 0 bridgehead atoms. The fourth-order valence-corrected chi connectivity index (χ4v) is 2.59. The van der Waals surface area contributed by atoms with Crippen LogP contribution in [0.25, 0.3) is 0 Å². The highest BCUT2D eigenvalue weighted by Crippen LogP contribution is 2.06. The number of allylic oxidation sites excluding steroid dienone is 2. The van der Waals surface area contributed by atoms with E-state index in [4.69, 9.17) is 18.9 Å². The second-order valence-corrected chi connectivity index (χ2v) is 6.65. The third-order valence-corrected chi connectivity index (χ3v) is 4.23. The molecule has 5 nitrogen and oxygen atoms in total. The average molecular weight is 393 g/mol. The van der Waals surface area contributed by atoms with E-state index in [1.54, 1.807) is 7.11 Å². The van der Waals surface area contributed by atoms with Crippen LogP contribution in [0, 0.1) is 0 Å². The lowest BCUT2D eigenvalue weighted by atomic mass is 10.1. The minimum atomic E-state index is -0.452. The molecule has 0 aliphatic heterocycles. The van der Waals surface area contributed by atoms with Gasteiger partial charge in [-0.25, -0.2) is 0 Å². The predicted molar refractivity (Wildman–Crippen MR) is 111 cm³/mol. The number of hydrogen-bond donors (Lipinski definition) is 0. The first kappa shape index (κ1) is 24.3. The molecule has 0 aliphatic rings. The Hall–Kier alpha value is -1.69. The number of benzene rings is 1. The van der Waals surface area contributed by atoms with Crippen LogP contribution in [-0.2, 0) is 30.3 Å². The number of rotatable bonds is 17. The lowest BCUT2D eigenvalue weighted by Crippen LogP contribution is -2.20. The topological polar surface area (TPSA) is 54.0 Å². The summed E-state index contributed by atoms with van der Waals surface area (Å²) in [7, 11) is 1.56. The van der Waals surface area contributed by atoms with E-state index in [1.807, 2.05) is 30.3 Å². The van der Waals surface area contributed by atoms with Gasteiger partial charge in [0, 0.05) is 20.0 Å². The molecule has 0 aromatic heterocycles. The zero-order valence-electron chi connectivity index (χ0n) is 17.4. The highest BCUT2D eigenvalue weighted by molar-refractivity contribution is 5.69. The highest BCUT2D eigenvalue weighted by Gasteiger charge is 2.09. The van der Waals surface area contributed by atoms with Crippen molar-refractivity contribution in [2.45, 2.75) is 71.2 Å². The maximum Gasteiger partial charge on any atom is 0.306 e. The Kier molecular flexibility index (Phi) is 15.1. The molecule has 0 spiro atoms. The lowest BCUT2D eigenvalue weighted by Gasteiger charge is -2.16. The van der Waals surface area contributed by atoms with Crippen LogP contribution in [0.3, 0.4) is 0 Å². The minimum Gasteiger partial charge on any atom is -0.465 e. The SMILES string of the molecule is CCCCCCC=CCCC(=O)OCCC(OC)OCOCc1ccccc1. The zero-order chi connectivity index (χ0) is 20.3. The minimum absolute atomic E-state index is 0.129. The Morgan fingerprint density at radius 3 is 2.61 bits per heavy atom. The Morgan fingerprint density at radius 1 is 1.07 bits per heavy atom. The zero-order valence-corrected chi connectivity index (χ0v) is 17.4. The molecule has 1 atom stereocenters. The Labute approximate surface area is 170 Å². The van der Waals surface area contributed by atoms with E-state index >= 15 is 0 Å². The van der Waals surface area contributed by atoms with Crippen molar-refractivity contribution in [1.82, 2.24) is 0 Å². The average Bonchev–Trinajstić information content (AvgIpc) is 2.72. The molecule has 0 saturated carbocycles. The summed E-state index contributed by atoms with van der Waals surface area (Å²) in [6, 6.07) is 9.89. The number of unbranched alkanes of at least 4 members (excludes halogenated alkanes) is 4. The van der Waals surface area contributed by atoms with Gasteiger partial charge in [-0.3, -0.25) is 4.79 Å². The van der Waals surface area contributed by atoms with Gasteiger partial charge in [0.1, 0.15) is 6.79 Å². The van der Waals surface area contributed by atoms with Crippen molar-refractivity contribution in [3.63, 3.8) is 0 Å². The maximum atomic E-state index is 11.7. The summed E-state index contributed by atoms with van der Waals surface area (Å²) in [5.74, 6) is -0.189. The molecule has 0 aliphatic carbocycles. The van der Waals surface area contributed by atoms with Crippen LogP contribution in [0.4, 0.5) is 0 Å². The van der Waals surface area contributed by atoms with Crippen LogP contribution in [0.5, 0.6) is 0 Å². The van der Waals surface area contributed by atoms with Crippen LogP contribution < -0.4 is 0 Å². The monoisotopic (exact) mass is 392 g/mol. The Balaban J connectivity index is 2.01. The molecule has 0 N–H and O–H groups in total. The molecule has 0 fully saturated rings. The van der Waals surface area contributed by atoms with Crippen molar-refractivity contribution in [3.05, 3.63) is 48.0 Å². The number of hydrogen-bond acceptors (Lipinski definition) is 5. The number of esters is 1. The predicted octanol–water partition coefficient (Wildman–Crippen LogP) is 5.39. The van der Waals surface area contributed by atoms with Gasteiger partial charge in [0.25, 0.3) is 0 Å². The van der Waals surface area contributed by atoms with Gasteiger partial charge in [-0.2, -0.15) is 0 Å². The quantitative estimate of drug-likeness (QED) is 0.154. The summed E-state index contributed by atoms with van der Waals surface area (Å²) in [6.07, 6.45) is 11.5. The van der Waals surface area contributed by atoms with E-state index in [-0.39, 0.29) is 19.4 Å². The number of ether oxygens (including phenoxy) is 4. The first-order valence-electron chi connectivity index (χ1n) is 10.3. The molecule has 5 heteroatoms. The summed E-state index contributed by atoms with van der Waals surface area (Å²) in [6.45, 7) is 3.10. The lowest BCUT2D eigenvalue weighted by molar-refractivity contribution is -0.193. The molecule has 28 heavy (non-hydrogen) atoms. The van der Waals surface area contributed by atoms with Crippen molar-refractivity contribution in [2.75, 3.05) is 20.5 Å². The van der Waals surface area contributed by atoms with Gasteiger partial charge < -0.3 is 18.9 Å². The standard InChI is InChI=1S/C23H36O5/c1-3-4-5-6-7-8-9-13-16-22(24)27-18-17-23(25-2)28-20-26-19-21-14-11-10-12-15-21/h8-12,14-15,23H,3-7,13,16-20H2,1-2H3. The Bertz CT molecular complexity index is 515. The molecular weight excluding hydrogens is 356 g/mol. The van der Waals surface area contributed by atoms with Gasteiger partial charge in [0.15, 0.2) is 6.29 Å². The van der Waals surface area contributed by atoms with Crippen molar-refractivity contribution < 1.29 is 23.7 Å². The normalized spacial score (nSPS) is 12.4. The molecule has 1 rings (SSSR count). The van der Waals surface area contributed by atoms with Crippen molar-refractivity contribution >= 4 is 5.97 Å². The largest absolute Gasteiger partial charge is 0.465 e. The van der Waals surface area contributed by atoms with Crippen molar-refractivity contribution in [1.29, 1.82) is 0 Å². The maximum absolute atomic E-state index is 11.7. The van der Waals surface area contributed by atoms with Gasteiger partial charge in [-0.15, -0.1) is 0 Å².